The van der Waals surface area contributed by atoms with E-state index in [0.717, 1.165) is 5.01 Å². The average Bonchev–Trinajstić information content (AvgIpc) is 2.05. The zero-order chi connectivity index (χ0) is 10.3. The normalized spacial score (nSPS) is 11.9. The van der Waals surface area contributed by atoms with Gasteiger partial charge in [0.15, 0.2) is 0 Å². The van der Waals surface area contributed by atoms with E-state index in [2.05, 4.69) is 5.29 Å². The Labute approximate surface area is 76.7 Å². The van der Waals surface area contributed by atoms with Gasteiger partial charge in [0.05, 0.1) is 5.29 Å². The number of methoxy groups -OCH3 is 1. The van der Waals surface area contributed by atoms with Crippen molar-refractivity contribution in [1.82, 2.24) is 5.01 Å². The number of likely N-dealkylation sites (N-methyl/N-ethyl adjacent to an activating group) is 1. The predicted molar refractivity (Wildman–Crippen MR) is 45.6 cm³/mol. The van der Waals surface area contributed by atoms with Gasteiger partial charge in [0.2, 0.25) is 6.23 Å². The van der Waals surface area contributed by atoms with E-state index in [1.165, 1.54) is 14.0 Å². The van der Waals surface area contributed by atoms with Crippen molar-refractivity contribution >= 4 is 5.97 Å². The molecule has 13 heavy (non-hydrogen) atoms. The van der Waals surface area contributed by atoms with Gasteiger partial charge in [0.1, 0.15) is 6.61 Å². The minimum Gasteiger partial charge on any atom is -0.438 e. The van der Waals surface area contributed by atoms with Gasteiger partial charge in [0, 0.05) is 20.6 Å². The Morgan fingerprint density at radius 1 is 1.62 bits per heavy atom. The van der Waals surface area contributed by atoms with Gasteiger partial charge in [-0.1, -0.05) is 0 Å². The highest BCUT2D eigenvalue weighted by Gasteiger charge is 2.19. The molecule has 0 radical (unpaired) electrons. The fraction of sp³-hybridized carbons (Fsp3) is 0.857. The molecule has 76 valence electrons. The summed E-state index contributed by atoms with van der Waals surface area (Å²) in [6.07, 6.45) is -0.731. The molecule has 0 aliphatic rings. The fourth-order valence-electron chi connectivity index (χ4n) is 0.829. The second-order valence-corrected chi connectivity index (χ2v) is 2.36. The molecule has 6 heteroatoms. The molecule has 0 aliphatic carbocycles. The summed E-state index contributed by atoms with van der Waals surface area (Å²) in [5.74, 6) is -0.468. The van der Waals surface area contributed by atoms with Crippen LogP contribution in [-0.2, 0) is 14.3 Å². The first kappa shape index (κ1) is 11.8. The molecule has 0 amide bonds. The first-order valence-electron chi connectivity index (χ1n) is 3.91. The predicted octanol–water partition coefficient (Wildman–Crippen LogP) is 0.525. The van der Waals surface area contributed by atoms with Crippen LogP contribution in [0, 0.1) is 4.91 Å². The fourth-order valence-corrected chi connectivity index (χ4v) is 0.829. The van der Waals surface area contributed by atoms with Crippen molar-refractivity contribution in [2.45, 2.75) is 20.1 Å². The van der Waals surface area contributed by atoms with E-state index in [9.17, 15) is 9.70 Å². The van der Waals surface area contributed by atoms with Crippen LogP contribution in [0.3, 0.4) is 0 Å². The molecule has 0 aromatic heterocycles. The lowest BCUT2D eigenvalue weighted by Gasteiger charge is -2.23. The number of carbonyl (C=O) groups excluding carboxylic acids is 1. The van der Waals surface area contributed by atoms with E-state index in [1.807, 2.05) is 0 Å². The van der Waals surface area contributed by atoms with E-state index in [1.54, 1.807) is 6.92 Å². The molecule has 0 aliphatic heterocycles. The number of carbonyl (C=O) groups is 1. The summed E-state index contributed by atoms with van der Waals surface area (Å²) in [4.78, 5) is 20.9. The summed E-state index contributed by atoms with van der Waals surface area (Å²) in [7, 11) is 1.45. The Morgan fingerprint density at radius 3 is 2.54 bits per heavy atom. The molecule has 0 rings (SSSR count). The number of hydrogen-bond acceptors (Lipinski definition) is 5. The molecule has 0 N–H and O–H groups in total. The minimum absolute atomic E-state index is 0.124. The van der Waals surface area contributed by atoms with Crippen molar-refractivity contribution in [2.75, 3.05) is 20.3 Å². The molecule has 0 aromatic rings. The van der Waals surface area contributed by atoms with Crippen LogP contribution in [0.1, 0.15) is 13.8 Å². The van der Waals surface area contributed by atoms with Crippen molar-refractivity contribution in [3.05, 3.63) is 4.91 Å². The molecule has 0 fully saturated rings. The van der Waals surface area contributed by atoms with Crippen molar-refractivity contribution in [2.24, 2.45) is 5.29 Å². The standard InChI is InChI=1S/C7H14N2O4/c1-4-9(8-11)7(5-12-3)13-6(2)10/h7H,4-5H2,1-3H3. The van der Waals surface area contributed by atoms with Crippen molar-refractivity contribution in [3.8, 4) is 0 Å². The maximum atomic E-state index is 10.6. The van der Waals surface area contributed by atoms with Crippen LogP contribution in [-0.4, -0.2) is 37.5 Å². The lowest BCUT2D eigenvalue weighted by atomic mass is 10.5. The first-order chi connectivity index (χ1) is 6.15. The third-order valence-corrected chi connectivity index (χ3v) is 1.37. The van der Waals surface area contributed by atoms with Gasteiger partial charge in [-0.25, -0.2) is 5.01 Å². The molecule has 0 saturated heterocycles. The van der Waals surface area contributed by atoms with E-state index in [-0.39, 0.29) is 6.61 Å². The van der Waals surface area contributed by atoms with Crippen LogP contribution in [0.15, 0.2) is 5.29 Å². The lowest BCUT2D eigenvalue weighted by Crippen LogP contribution is -2.37. The third-order valence-electron chi connectivity index (χ3n) is 1.37. The number of nitrogens with zero attached hydrogens (tertiary/aromatic N) is 2. The van der Waals surface area contributed by atoms with Crippen LogP contribution in [0.2, 0.25) is 0 Å². The summed E-state index contributed by atoms with van der Waals surface area (Å²) < 4.78 is 9.57. The Bertz CT molecular complexity index is 174. The zero-order valence-electron chi connectivity index (χ0n) is 8.02. The molecule has 0 aromatic carbocycles. The zero-order valence-corrected chi connectivity index (χ0v) is 8.02. The quantitative estimate of drug-likeness (QED) is 0.264. The monoisotopic (exact) mass is 190 g/mol. The Hall–Kier alpha value is -1.17. The van der Waals surface area contributed by atoms with Crippen LogP contribution >= 0.6 is 0 Å². The molecule has 0 heterocycles. The largest absolute Gasteiger partial charge is 0.438 e. The molecule has 6 nitrogen and oxygen atoms in total. The summed E-state index contributed by atoms with van der Waals surface area (Å²) in [6.45, 7) is 3.48. The molecule has 0 saturated carbocycles. The van der Waals surface area contributed by atoms with Gasteiger partial charge in [-0.3, -0.25) is 4.79 Å². The van der Waals surface area contributed by atoms with E-state index < -0.39 is 12.2 Å². The van der Waals surface area contributed by atoms with Gasteiger partial charge in [-0.15, -0.1) is 4.91 Å². The molecule has 1 unspecified atom stereocenters. The average molecular weight is 190 g/mol. The topological polar surface area (TPSA) is 68.2 Å². The van der Waals surface area contributed by atoms with Gasteiger partial charge in [0.25, 0.3) is 0 Å². The number of hydrogen-bond donors (Lipinski definition) is 0. The van der Waals surface area contributed by atoms with Crippen molar-refractivity contribution in [3.63, 3.8) is 0 Å². The third kappa shape index (κ3) is 4.41. The summed E-state index contributed by atoms with van der Waals surface area (Å²) >= 11 is 0. The SMILES string of the molecule is CCN(N=O)C(COC)OC(C)=O. The number of ether oxygens (including phenoxy) is 2. The van der Waals surface area contributed by atoms with Crippen LogP contribution < -0.4 is 0 Å². The van der Waals surface area contributed by atoms with Gasteiger partial charge >= 0.3 is 5.97 Å². The molecule has 0 bridgehead atoms. The highest BCUT2D eigenvalue weighted by molar-refractivity contribution is 5.66. The summed E-state index contributed by atoms with van der Waals surface area (Å²) in [6, 6.07) is 0. The van der Waals surface area contributed by atoms with Gasteiger partial charge in [-0.2, -0.15) is 0 Å². The molecule has 0 spiro atoms. The number of esters is 1. The van der Waals surface area contributed by atoms with Crippen molar-refractivity contribution in [1.29, 1.82) is 0 Å². The van der Waals surface area contributed by atoms with Gasteiger partial charge in [-0.05, 0) is 6.92 Å². The highest BCUT2D eigenvalue weighted by Crippen LogP contribution is 2.02. The van der Waals surface area contributed by atoms with Gasteiger partial charge < -0.3 is 9.47 Å². The Kier molecular flexibility index (Phi) is 5.79. The molecule has 1 atom stereocenters. The van der Waals surface area contributed by atoms with E-state index >= 15 is 0 Å². The van der Waals surface area contributed by atoms with Crippen LogP contribution in [0.5, 0.6) is 0 Å². The van der Waals surface area contributed by atoms with Crippen LogP contribution in [0.4, 0.5) is 0 Å². The van der Waals surface area contributed by atoms with E-state index in [4.69, 9.17) is 9.47 Å². The second kappa shape index (κ2) is 6.36. The number of nitroso groups, excluding NO2 is 1. The highest BCUT2D eigenvalue weighted by atomic mass is 16.6. The number of rotatable bonds is 6. The lowest BCUT2D eigenvalue weighted by molar-refractivity contribution is -0.162. The van der Waals surface area contributed by atoms with E-state index in [0.29, 0.717) is 6.54 Å². The summed E-state index contributed by atoms with van der Waals surface area (Å²) in [5, 5.41) is 3.81. The summed E-state index contributed by atoms with van der Waals surface area (Å²) in [5.41, 5.74) is 0. The maximum Gasteiger partial charge on any atom is 0.304 e. The smallest absolute Gasteiger partial charge is 0.304 e. The minimum atomic E-state index is -0.731. The Balaban J connectivity index is 4.19. The maximum absolute atomic E-state index is 10.6. The molecular weight excluding hydrogens is 176 g/mol. The Morgan fingerprint density at radius 2 is 2.23 bits per heavy atom. The van der Waals surface area contributed by atoms with Crippen LogP contribution in [0.25, 0.3) is 0 Å². The second-order valence-electron chi connectivity index (χ2n) is 2.36. The first-order valence-corrected chi connectivity index (χ1v) is 3.91. The van der Waals surface area contributed by atoms with Crippen molar-refractivity contribution < 1.29 is 14.3 Å². The molecular formula is C7H14N2O4.